The Labute approximate surface area is 105 Å². The number of carbonyl (C=O) groups excluding carboxylic acids is 1. The quantitative estimate of drug-likeness (QED) is 0.834. The van der Waals surface area contributed by atoms with Gasteiger partial charge < -0.3 is 10.0 Å². The highest BCUT2D eigenvalue weighted by Crippen LogP contribution is 2.28. The zero-order valence-electron chi connectivity index (χ0n) is 10.1. The summed E-state index contributed by atoms with van der Waals surface area (Å²) in [4.78, 5) is 32.3. The van der Waals surface area contributed by atoms with E-state index in [0.717, 1.165) is 12.8 Å². The Bertz CT molecular complexity index is 445. The maximum atomic E-state index is 12.2. The van der Waals surface area contributed by atoms with Crippen LogP contribution in [0.1, 0.15) is 30.1 Å². The monoisotopic (exact) mass is 249 g/mol. The Morgan fingerprint density at radius 1 is 1.44 bits per heavy atom. The summed E-state index contributed by atoms with van der Waals surface area (Å²) < 4.78 is 0. The molecule has 1 aliphatic carbocycles. The van der Waals surface area contributed by atoms with Crippen molar-refractivity contribution in [2.45, 2.75) is 25.8 Å². The van der Waals surface area contributed by atoms with E-state index in [1.54, 1.807) is 11.8 Å². The van der Waals surface area contributed by atoms with Crippen molar-refractivity contribution in [3.8, 4) is 0 Å². The van der Waals surface area contributed by atoms with Crippen LogP contribution in [-0.2, 0) is 4.79 Å². The van der Waals surface area contributed by atoms with Crippen molar-refractivity contribution < 1.29 is 14.7 Å². The van der Waals surface area contributed by atoms with Crippen molar-refractivity contribution in [3.05, 3.63) is 24.3 Å². The smallest absolute Gasteiger partial charge is 0.308 e. The first-order valence-electron chi connectivity index (χ1n) is 5.88. The normalized spacial score (nSPS) is 16.1. The molecule has 6 nitrogen and oxygen atoms in total. The van der Waals surface area contributed by atoms with Gasteiger partial charge >= 0.3 is 5.97 Å². The highest BCUT2D eigenvalue weighted by molar-refractivity contribution is 5.94. The van der Waals surface area contributed by atoms with E-state index in [1.165, 1.54) is 18.7 Å². The van der Waals surface area contributed by atoms with Gasteiger partial charge in [-0.15, -0.1) is 0 Å². The number of nitrogens with zero attached hydrogens (tertiary/aromatic N) is 3. The van der Waals surface area contributed by atoms with Crippen LogP contribution < -0.4 is 0 Å². The zero-order valence-corrected chi connectivity index (χ0v) is 10.1. The van der Waals surface area contributed by atoms with Crippen LogP contribution in [0.5, 0.6) is 0 Å². The molecule has 0 aromatic carbocycles. The fraction of sp³-hybridized carbons (Fsp3) is 0.500. The molecular formula is C12H15N3O3. The summed E-state index contributed by atoms with van der Waals surface area (Å²) in [7, 11) is 0. The van der Waals surface area contributed by atoms with Crippen LogP contribution in [0.2, 0.25) is 0 Å². The molecule has 1 N–H and O–H groups in total. The van der Waals surface area contributed by atoms with Crippen molar-refractivity contribution in [2.24, 2.45) is 5.92 Å². The molecule has 1 atom stereocenters. The van der Waals surface area contributed by atoms with Crippen LogP contribution in [0.15, 0.2) is 18.7 Å². The van der Waals surface area contributed by atoms with Crippen LogP contribution in [-0.4, -0.2) is 44.4 Å². The van der Waals surface area contributed by atoms with Gasteiger partial charge in [0.15, 0.2) is 0 Å². The Balaban J connectivity index is 2.11. The van der Waals surface area contributed by atoms with Gasteiger partial charge in [-0.05, 0) is 12.8 Å². The van der Waals surface area contributed by atoms with Crippen molar-refractivity contribution >= 4 is 11.9 Å². The van der Waals surface area contributed by atoms with Crippen molar-refractivity contribution in [3.63, 3.8) is 0 Å². The third kappa shape index (κ3) is 2.82. The lowest BCUT2D eigenvalue weighted by Gasteiger charge is -2.24. The molecule has 1 amide bonds. The lowest BCUT2D eigenvalue weighted by molar-refractivity contribution is -0.141. The third-order valence-corrected chi connectivity index (χ3v) is 2.95. The molecule has 1 saturated carbocycles. The molecule has 1 heterocycles. The van der Waals surface area contributed by atoms with Crippen molar-refractivity contribution in [1.29, 1.82) is 0 Å². The molecule has 0 spiro atoms. The number of carboxylic acid groups (broad SMARTS) is 1. The second-order valence-electron chi connectivity index (χ2n) is 4.56. The number of aromatic nitrogens is 2. The standard InChI is InChI=1S/C12H15N3O3/c1-8(12(17)18)6-15(10-2-3-10)11(16)9-4-13-7-14-5-9/h4-5,7-8,10H,2-3,6H2,1H3,(H,17,18). The fourth-order valence-corrected chi connectivity index (χ4v) is 1.73. The molecule has 1 aromatic rings. The van der Waals surface area contributed by atoms with E-state index in [1.807, 2.05) is 0 Å². The maximum Gasteiger partial charge on any atom is 0.308 e. The van der Waals surface area contributed by atoms with Gasteiger partial charge in [0, 0.05) is 25.0 Å². The van der Waals surface area contributed by atoms with E-state index in [4.69, 9.17) is 5.11 Å². The lowest BCUT2D eigenvalue weighted by Crippen LogP contribution is -2.38. The SMILES string of the molecule is CC(CN(C(=O)c1cncnc1)C1CC1)C(=O)O. The number of hydrogen-bond donors (Lipinski definition) is 1. The lowest BCUT2D eigenvalue weighted by atomic mass is 10.1. The molecule has 1 aromatic heterocycles. The Morgan fingerprint density at radius 3 is 2.56 bits per heavy atom. The number of amides is 1. The van der Waals surface area contributed by atoms with E-state index in [2.05, 4.69) is 9.97 Å². The predicted molar refractivity (Wildman–Crippen MR) is 62.9 cm³/mol. The highest BCUT2D eigenvalue weighted by atomic mass is 16.4. The number of rotatable bonds is 5. The zero-order chi connectivity index (χ0) is 13.1. The van der Waals surface area contributed by atoms with Crippen LogP contribution in [0, 0.1) is 5.92 Å². The van der Waals surface area contributed by atoms with Gasteiger partial charge in [0.05, 0.1) is 11.5 Å². The summed E-state index contributed by atoms with van der Waals surface area (Å²) in [5, 5.41) is 8.92. The first-order chi connectivity index (χ1) is 8.59. The molecule has 2 rings (SSSR count). The molecule has 0 bridgehead atoms. The molecule has 18 heavy (non-hydrogen) atoms. The first-order valence-corrected chi connectivity index (χ1v) is 5.88. The van der Waals surface area contributed by atoms with Crippen molar-refractivity contribution in [1.82, 2.24) is 14.9 Å². The molecular weight excluding hydrogens is 234 g/mol. The molecule has 1 unspecified atom stereocenters. The number of carbonyl (C=O) groups is 2. The van der Waals surface area contributed by atoms with E-state index < -0.39 is 11.9 Å². The largest absolute Gasteiger partial charge is 0.481 e. The Morgan fingerprint density at radius 2 is 2.06 bits per heavy atom. The average Bonchev–Trinajstić information content (AvgIpc) is 3.20. The summed E-state index contributed by atoms with van der Waals surface area (Å²) in [5.41, 5.74) is 0.405. The van der Waals surface area contributed by atoms with Gasteiger partial charge in [-0.2, -0.15) is 0 Å². The van der Waals surface area contributed by atoms with Gasteiger partial charge in [-0.1, -0.05) is 6.92 Å². The van der Waals surface area contributed by atoms with Crippen LogP contribution in [0.3, 0.4) is 0 Å². The second-order valence-corrected chi connectivity index (χ2v) is 4.56. The van der Waals surface area contributed by atoms with Crippen molar-refractivity contribution in [2.75, 3.05) is 6.54 Å². The molecule has 6 heteroatoms. The third-order valence-electron chi connectivity index (χ3n) is 2.95. The molecule has 0 aliphatic heterocycles. The summed E-state index contributed by atoms with van der Waals surface area (Å²) in [5.74, 6) is -1.65. The number of aliphatic carboxylic acids is 1. The van der Waals surface area contributed by atoms with E-state index >= 15 is 0 Å². The molecule has 0 radical (unpaired) electrons. The van der Waals surface area contributed by atoms with E-state index in [0.29, 0.717) is 5.56 Å². The van der Waals surface area contributed by atoms with Gasteiger partial charge in [0.2, 0.25) is 0 Å². The second kappa shape index (κ2) is 5.12. The minimum atomic E-state index is -0.891. The van der Waals surface area contributed by atoms with Crippen LogP contribution in [0.4, 0.5) is 0 Å². The molecule has 1 fully saturated rings. The number of carboxylic acids is 1. The minimum Gasteiger partial charge on any atom is -0.481 e. The van der Waals surface area contributed by atoms with Gasteiger partial charge in [0.25, 0.3) is 5.91 Å². The molecule has 96 valence electrons. The fourth-order valence-electron chi connectivity index (χ4n) is 1.73. The number of hydrogen-bond acceptors (Lipinski definition) is 4. The van der Waals surface area contributed by atoms with Gasteiger partial charge in [-0.3, -0.25) is 9.59 Å². The summed E-state index contributed by atoms with van der Waals surface area (Å²) in [6, 6.07) is 0.166. The van der Waals surface area contributed by atoms with Crippen LogP contribution >= 0.6 is 0 Å². The Kier molecular flexibility index (Phi) is 3.55. The summed E-state index contributed by atoms with van der Waals surface area (Å²) >= 11 is 0. The molecule has 0 saturated heterocycles. The Hall–Kier alpha value is -1.98. The first kappa shape index (κ1) is 12.5. The van der Waals surface area contributed by atoms with E-state index in [-0.39, 0.29) is 18.5 Å². The molecule has 1 aliphatic rings. The average molecular weight is 249 g/mol. The maximum absolute atomic E-state index is 12.2. The van der Waals surface area contributed by atoms with Gasteiger partial charge in [-0.25, -0.2) is 9.97 Å². The highest BCUT2D eigenvalue weighted by Gasteiger charge is 2.35. The summed E-state index contributed by atoms with van der Waals surface area (Å²) in [6.07, 6.45) is 6.14. The van der Waals surface area contributed by atoms with E-state index in [9.17, 15) is 9.59 Å². The topological polar surface area (TPSA) is 83.4 Å². The van der Waals surface area contributed by atoms with Crippen LogP contribution in [0.25, 0.3) is 0 Å². The minimum absolute atomic E-state index is 0.166. The predicted octanol–water partition coefficient (Wildman–Crippen LogP) is 0.802. The van der Waals surface area contributed by atoms with Gasteiger partial charge in [0.1, 0.15) is 6.33 Å². The summed E-state index contributed by atoms with van der Waals surface area (Å²) in [6.45, 7) is 1.83.